The fourth-order valence-corrected chi connectivity index (χ4v) is 9.05. The molecule has 13 rings (SSSR count). The van der Waals surface area contributed by atoms with Crippen molar-refractivity contribution in [3.63, 3.8) is 0 Å². The third kappa shape index (κ3) is 4.41. The molecular formula is C51H29N5O2. The van der Waals surface area contributed by atoms with E-state index in [0.717, 1.165) is 104 Å². The number of hydrogen-bond acceptors (Lipinski definition) is 5. The summed E-state index contributed by atoms with van der Waals surface area (Å²) in [6.45, 7) is 0. The van der Waals surface area contributed by atoms with Crippen LogP contribution in [0, 0.1) is 0 Å². The number of nitrogens with zero attached hydrogens (tertiary/aromatic N) is 5. The molecule has 58 heavy (non-hydrogen) atoms. The van der Waals surface area contributed by atoms with E-state index >= 15 is 0 Å². The van der Waals surface area contributed by atoms with E-state index < -0.39 is 0 Å². The lowest BCUT2D eigenvalue weighted by molar-refractivity contribution is 0.668. The number of para-hydroxylation sites is 5. The maximum absolute atomic E-state index is 6.59. The van der Waals surface area contributed by atoms with Gasteiger partial charge in [0, 0.05) is 54.7 Å². The van der Waals surface area contributed by atoms with Crippen molar-refractivity contribution in [1.82, 2.24) is 24.1 Å². The highest BCUT2D eigenvalue weighted by Gasteiger charge is 2.23. The average molecular weight is 744 g/mol. The maximum Gasteiger partial charge on any atom is 0.240 e. The summed E-state index contributed by atoms with van der Waals surface area (Å²) < 4.78 is 17.4. The van der Waals surface area contributed by atoms with Crippen LogP contribution >= 0.6 is 0 Å². The Morgan fingerprint density at radius 1 is 0.328 bits per heavy atom. The number of rotatable bonds is 4. The van der Waals surface area contributed by atoms with Gasteiger partial charge in [-0.25, -0.2) is 0 Å². The van der Waals surface area contributed by atoms with Crippen molar-refractivity contribution in [2.45, 2.75) is 0 Å². The van der Waals surface area contributed by atoms with Gasteiger partial charge in [0.05, 0.1) is 22.1 Å². The SMILES string of the molecule is c1ccc(-c2cc(-c3nc(-n4c5ccccc5c5ccccc54)nc(-n4c5ccccc5c5cc6c(cc54)oc4ccccc46)n3)cc3oc4ccccc4c23)cc1. The van der Waals surface area contributed by atoms with Gasteiger partial charge in [0.2, 0.25) is 11.9 Å². The minimum atomic E-state index is 0.495. The number of furan rings is 2. The number of benzene rings is 8. The summed E-state index contributed by atoms with van der Waals surface area (Å²) in [5.74, 6) is 1.53. The predicted octanol–water partition coefficient (Wildman–Crippen LogP) is 13.2. The molecule has 13 aromatic rings. The second kappa shape index (κ2) is 11.7. The highest BCUT2D eigenvalue weighted by atomic mass is 16.3. The molecule has 0 saturated carbocycles. The highest BCUT2D eigenvalue weighted by Crippen LogP contribution is 2.42. The minimum Gasteiger partial charge on any atom is -0.456 e. The second-order valence-corrected chi connectivity index (χ2v) is 14.8. The van der Waals surface area contributed by atoms with Crippen LogP contribution in [-0.4, -0.2) is 24.1 Å². The number of fused-ring (bicyclic) bond motifs is 12. The Morgan fingerprint density at radius 3 is 1.52 bits per heavy atom. The molecule has 0 unspecified atom stereocenters. The van der Waals surface area contributed by atoms with E-state index in [0.29, 0.717) is 17.7 Å². The third-order valence-corrected chi connectivity index (χ3v) is 11.6. The molecule has 0 amide bonds. The monoisotopic (exact) mass is 743 g/mol. The highest BCUT2D eigenvalue weighted by molar-refractivity contribution is 6.18. The summed E-state index contributed by atoms with van der Waals surface area (Å²) in [5.41, 5.74) is 10.1. The molecule has 0 radical (unpaired) electrons. The van der Waals surface area contributed by atoms with E-state index in [4.69, 9.17) is 23.8 Å². The zero-order valence-electron chi connectivity index (χ0n) is 30.8. The Balaban J connectivity index is 1.16. The van der Waals surface area contributed by atoms with Gasteiger partial charge in [-0.1, -0.05) is 121 Å². The quantitative estimate of drug-likeness (QED) is 0.179. The van der Waals surface area contributed by atoms with E-state index in [1.54, 1.807) is 0 Å². The normalized spacial score (nSPS) is 12.1. The first-order valence-corrected chi connectivity index (χ1v) is 19.4. The first-order valence-electron chi connectivity index (χ1n) is 19.4. The lowest BCUT2D eigenvalue weighted by atomic mass is 9.97. The Kier molecular flexibility index (Phi) is 6.32. The topological polar surface area (TPSA) is 74.8 Å². The van der Waals surface area contributed by atoms with Gasteiger partial charge in [-0.3, -0.25) is 9.13 Å². The van der Waals surface area contributed by atoms with Gasteiger partial charge in [0.25, 0.3) is 0 Å². The van der Waals surface area contributed by atoms with E-state index in [9.17, 15) is 0 Å². The average Bonchev–Trinajstić information content (AvgIpc) is 4.03. The van der Waals surface area contributed by atoms with Crippen molar-refractivity contribution in [1.29, 1.82) is 0 Å². The van der Waals surface area contributed by atoms with Crippen LogP contribution in [0.15, 0.2) is 185 Å². The fourth-order valence-electron chi connectivity index (χ4n) is 9.05. The van der Waals surface area contributed by atoms with Gasteiger partial charge in [-0.05, 0) is 59.7 Å². The smallest absolute Gasteiger partial charge is 0.240 e. The first kappa shape index (κ1) is 31.2. The molecule has 0 bridgehead atoms. The lowest BCUT2D eigenvalue weighted by Gasteiger charge is -2.13. The summed E-state index contributed by atoms with van der Waals surface area (Å²) >= 11 is 0. The van der Waals surface area contributed by atoms with E-state index in [1.165, 1.54) is 0 Å². The molecule has 0 aliphatic carbocycles. The van der Waals surface area contributed by atoms with Crippen LogP contribution in [-0.2, 0) is 0 Å². The summed E-state index contributed by atoms with van der Waals surface area (Å²) in [6, 6.07) is 60.8. The van der Waals surface area contributed by atoms with Crippen LogP contribution in [0.25, 0.3) is 122 Å². The molecular weight excluding hydrogens is 715 g/mol. The van der Waals surface area contributed by atoms with Crippen LogP contribution in [0.3, 0.4) is 0 Å². The molecule has 7 nitrogen and oxygen atoms in total. The van der Waals surface area contributed by atoms with Crippen molar-refractivity contribution in [3.8, 4) is 34.4 Å². The molecule has 7 heteroatoms. The van der Waals surface area contributed by atoms with Crippen molar-refractivity contribution in [3.05, 3.63) is 176 Å². The molecule has 0 atom stereocenters. The molecule has 0 spiro atoms. The van der Waals surface area contributed by atoms with Crippen LogP contribution in [0.5, 0.6) is 0 Å². The van der Waals surface area contributed by atoms with Crippen molar-refractivity contribution in [2.75, 3.05) is 0 Å². The zero-order valence-corrected chi connectivity index (χ0v) is 30.8. The number of aromatic nitrogens is 5. The number of hydrogen-bond donors (Lipinski definition) is 0. The van der Waals surface area contributed by atoms with Gasteiger partial charge >= 0.3 is 0 Å². The molecule has 5 heterocycles. The molecule has 0 N–H and O–H groups in total. The van der Waals surface area contributed by atoms with E-state index in [1.807, 2.05) is 30.3 Å². The molecule has 8 aromatic carbocycles. The summed E-state index contributed by atoms with van der Waals surface area (Å²) in [7, 11) is 0. The van der Waals surface area contributed by atoms with Crippen molar-refractivity contribution < 1.29 is 8.83 Å². The van der Waals surface area contributed by atoms with Gasteiger partial charge in [0.1, 0.15) is 22.3 Å². The van der Waals surface area contributed by atoms with Gasteiger partial charge in [0.15, 0.2) is 5.82 Å². The van der Waals surface area contributed by atoms with Gasteiger partial charge < -0.3 is 8.83 Å². The van der Waals surface area contributed by atoms with Gasteiger partial charge in [-0.2, -0.15) is 15.0 Å². The minimum absolute atomic E-state index is 0.495. The van der Waals surface area contributed by atoms with E-state index in [2.05, 4.69) is 155 Å². The molecule has 5 aromatic heterocycles. The van der Waals surface area contributed by atoms with Crippen molar-refractivity contribution >= 4 is 87.5 Å². The largest absolute Gasteiger partial charge is 0.456 e. The standard InChI is InChI=1S/C51H29N5O2/c1-2-14-30(15-3-1)37-26-31(27-47-48(37)36-20-8-13-25-45(36)58-47)49-52-50(55-40-21-9-4-16-32(40)33-17-5-10-22-41(33)55)54-51(53-49)56-42-23-11-6-18-34(42)38-28-39-35-19-7-12-24-44(35)57-46(39)29-43(38)56/h1-29H. The Hall–Kier alpha value is -8.03. The van der Waals surface area contributed by atoms with Crippen LogP contribution in [0.2, 0.25) is 0 Å². The molecule has 0 fully saturated rings. The zero-order chi connectivity index (χ0) is 37.9. The molecule has 270 valence electrons. The third-order valence-electron chi connectivity index (χ3n) is 11.6. The van der Waals surface area contributed by atoms with Crippen molar-refractivity contribution in [2.24, 2.45) is 0 Å². The van der Waals surface area contributed by atoms with Crippen LogP contribution in [0.1, 0.15) is 0 Å². The van der Waals surface area contributed by atoms with Crippen LogP contribution < -0.4 is 0 Å². The molecule has 0 saturated heterocycles. The summed E-state index contributed by atoms with van der Waals surface area (Å²) in [5, 5.41) is 8.71. The molecule has 0 aliphatic heterocycles. The first-order chi connectivity index (χ1) is 28.7. The fraction of sp³-hybridized carbons (Fsp3) is 0. The van der Waals surface area contributed by atoms with Gasteiger partial charge in [-0.15, -0.1) is 0 Å². The Morgan fingerprint density at radius 2 is 0.845 bits per heavy atom. The summed E-state index contributed by atoms with van der Waals surface area (Å²) in [4.78, 5) is 16.1. The van der Waals surface area contributed by atoms with E-state index in [-0.39, 0.29) is 0 Å². The predicted molar refractivity (Wildman–Crippen MR) is 234 cm³/mol. The Bertz CT molecular complexity index is 3760. The Labute approximate surface area is 329 Å². The second-order valence-electron chi connectivity index (χ2n) is 14.8. The summed E-state index contributed by atoms with van der Waals surface area (Å²) in [6.07, 6.45) is 0. The van der Waals surface area contributed by atoms with Crippen LogP contribution in [0.4, 0.5) is 0 Å². The molecule has 0 aliphatic rings. The maximum atomic E-state index is 6.59. The lowest BCUT2D eigenvalue weighted by Crippen LogP contribution is -2.10.